The second-order valence-corrected chi connectivity index (χ2v) is 7.63. The summed E-state index contributed by atoms with van der Waals surface area (Å²) in [6.07, 6.45) is 5.21. The molecule has 140 valence electrons. The monoisotopic (exact) mass is 361 g/mol. The third-order valence-corrected chi connectivity index (χ3v) is 5.38. The Hall–Kier alpha value is -1.81. The van der Waals surface area contributed by atoms with Crippen molar-refractivity contribution >= 4 is 17.0 Å². The predicted molar refractivity (Wildman–Crippen MR) is 91.4 cm³/mol. The minimum atomic E-state index is -0.715. The lowest BCUT2D eigenvalue weighted by Gasteiger charge is -2.27. The Morgan fingerprint density at radius 3 is 2.77 bits per heavy atom. The van der Waals surface area contributed by atoms with Crippen molar-refractivity contribution in [3.63, 3.8) is 0 Å². The van der Waals surface area contributed by atoms with Gasteiger partial charge in [0.15, 0.2) is 29.0 Å². The molecular formula is C17H23N5O4. The van der Waals surface area contributed by atoms with Gasteiger partial charge in [0.1, 0.15) is 24.6 Å². The molecule has 0 radical (unpaired) electrons. The summed E-state index contributed by atoms with van der Waals surface area (Å²) in [6.45, 7) is 3.60. The molecule has 2 N–H and O–H groups in total. The molecule has 2 aliphatic heterocycles. The van der Waals surface area contributed by atoms with Gasteiger partial charge in [0.05, 0.1) is 12.9 Å². The number of anilines is 1. The summed E-state index contributed by atoms with van der Waals surface area (Å²) in [6, 6.07) is 0.455. The van der Waals surface area contributed by atoms with E-state index in [0.29, 0.717) is 17.2 Å². The molecule has 4 atom stereocenters. The van der Waals surface area contributed by atoms with Crippen LogP contribution in [-0.4, -0.2) is 61.4 Å². The fourth-order valence-electron chi connectivity index (χ4n) is 3.92. The lowest BCUT2D eigenvalue weighted by Crippen LogP contribution is -2.31. The Balaban J connectivity index is 1.50. The Labute approximate surface area is 150 Å². The van der Waals surface area contributed by atoms with Gasteiger partial charge in [-0.15, -0.1) is 0 Å². The van der Waals surface area contributed by atoms with Crippen LogP contribution >= 0.6 is 0 Å². The lowest BCUT2D eigenvalue weighted by molar-refractivity contribution is -0.199. The highest BCUT2D eigenvalue weighted by Crippen LogP contribution is 2.43. The maximum absolute atomic E-state index is 9.67. The number of imidazole rings is 1. The fourth-order valence-corrected chi connectivity index (χ4v) is 3.92. The molecule has 3 aliphatic rings. The number of hydrogen-bond donors (Lipinski definition) is 2. The summed E-state index contributed by atoms with van der Waals surface area (Å²) in [7, 11) is 0. The number of fused-ring (bicyclic) bond motifs is 2. The molecule has 0 spiro atoms. The summed E-state index contributed by atoms with van der Waals surface area (Å²) < 4.78 is 19.8. The minimum Gasteiger partial charge on any atom is -0.394 e. The number of hydrogen-bond acceptors (Lipinski definition) is 8. The van der Waals surface area contributed by atoms with Gasteiger partial charge in [-0.3, -0.25) is 4.57 Å². The second kappa shape index (κ2) is 5.85. The average Bonchev–Trinajstić information content (AvgIpc) is 3.21. The van der Waals surface area contributed by atoms with E-state index in [2.05, 4.69) is 20.3 Å². The Bertz CT molecular complexity index is 821. The number of rotatable bonds is 4. The maximum Gasteiger partial charge on any atom is 0.167 e. The van der Waals surface area contributed by atoms with E-state index in [-0.39, 0.29) is 18.8 Å². The molecule has 0 unspecified atom stereocenters. The third kappa shape index (κ3) is 2.50. The van der Waals surface area contributed by atoms with Gasteiger partial charge in [0, 0.05) is 6.04 Å². The van der Waals surface area contributed by atoms with Crippen molar-refractivity contribution in [1.29, 1.82) is 0 Å². The van der Waals surface area contributed by atoms with Crippen LogP contribution in [0.1, 0.15) is 39.3 Å². The highest BCUT2D eigenvalue weighted by molar-refractivity contribution is 5.82. The van der Waals surface area contributed by atoms with Gasteiger partial charge < -0.3 is 24.6 Å². The average molecular weight is 361 g/mol. The number of aliphatic hydroxyl groups excluding tert-OH is 1. The molecule has 0 aromatic carbocycles. The molecule has 4 heterocycles. The molecule has 26 heavy (non-hydrogen) atoms. The first kappa shape index (κ1) is 16.4. The van der Waals surface area contributed by atoms with Crippen LogP contribution in [0.4, 0.5) is 5.82 Å². The van der Waals surface area contributed by atoms with Crippen LogP contribution in [0.15, 0.2) is 12.7 Å². The zero-order valence-electron chi connectivity index (χ0n) is 14.8. The van der Waals surface area contributed by atoms with Gasteiger partial charge in [-0.1, -0.05) is 0 Å². The predicted octanol–water partition coefficient (Wildman–Crippen LogP) is 1.20. The number of aliphatic hydroxyl groups is 1. The van der Waals surface area contributed by atoms with Crippen LogP contribution in [0.25, 0.3) is 11.2 Å². The topological polar surface area (TPSA) is 104 Å². The Kier molecular flexibility index (Phi) is 3.68. The van der Waals surface area contributed by atoms with Crippen molar-refractivity contribution in [2.45, 2.75) is 69.5 Å². The summed E-state index contributed by atoms with van der Waals surface area (Å²) in [5.74, 6) is 0.0308. The zero-order valence-corrected chi connectivity index (χ0v) is 14.8. The van der Waals surface area contributed by atoms with E-state index in [0.717, 1.165) is 18.7 Å². The SMILES string of the molecule is CC1(C)O[C@@H]2[C@H](O1)[C@@H](CO)O[C@H]2n1cnc2c(NC3CCC3)ncnc21. The van der Waals surface area contributed by atoms with Gasteiger partial charge in [0.2, 0.25) is 0 Å². The molecule has 9 heteroatoms. The van der Waals surface area contributed by atoms with E-state index in [1.165, 1.54) is 12.7 Å². The maximum atomic E-state index is 9.67. The van der Waals surface area contributed by atoms with Crippen molar-refractivity contribution < 1.29 is 19.3 Å². The largest absolute Gasteiger partial charge is 0.394 e. The standard InChI is InChI=1S/C17H23N5O4/c1-17(2)25-12-10(6-23)24-16(13(12)26-17)22-8-20-11-14(18-7-19-15(11)22)21-9-4-3-5-9/h7-10,12-13,16,23H,3-6H2,1-2H3,(H,18,19,21)/t10-,12-,13-,16-/m1/s1. The van der Waals surface area contributed by atoms with Crippen molar-refractivity contribution in [3.05, 3.63) is 12.7 Å². The summed E-state index contributed by atoms with van der Waals surface area (Å²) in [4.78, 5) is 13.3. The molecule has 2 aromatic heterocycles. The van der Waals surface area contributed by atoms with Crippen LogP contribution in [-0.2, 0) is 14.2 Å². The molecule has 1 saturated carbocycles. The van der Waals surface area contributed by atoms with Gasteiger partial charge in [-0.05, 0) is 33.1 Å². The second-order valence-electron chi connectivity index (χ2n) is 7.63. The quantitative estimate of drug-likeness (QED) is 0.837. The van der Waals surface area contributed by atoms with E-state index in [1.54, 1.807) is 6.33 Å². The van der Waals surface area contributed by atoms with Crippen molar-refractivity contribution in [1.82, 2.24) is 19.5 Å². The first-order chi connectivity index (χ1) is 12.6. The number of nitrogens with zero attached hydrogens (tertiary/aromatic N) is 4. The molecule has 2 saturated heterocycles. The Morgan fingerprint density at radius 2 is 2.04 bits per heavy atom. The molecular weight excluding hydrogens is 338 g/mol. The fraction of sp³-hybridized carbons (Fsp3) is 0.706. The van der Waals surface area contributed by atoms with Gasteiger partial charge in [-0.25, -0.2) is 15.0 Å². The third-order valence-electron chi connectivity index (χ3n) is 5.38. The first-order valence-corrected chi connectivity index (χ1v) is 9.12. The number of nitrogens with one attached hydrogen (secondary N) is 1. The van der Waals surface area contributed by atoms with E-state index in [1.807, 2.05) is 18.4 Å². The highest BCUT2D eigenvalue weighted by atomic mass is 16.8. The molecule has 0 bridgehead atoms. The summed E-state index contributed by atoms with van der Waals surface area (Å²) >= 11 is 0. The highest BCUT2D eigenvalue weighted by Gasteiger charge is 2.56. The zero-order chi connectivity index (χ0) is 17.9. The minimum absolute atomic E-state index is 0.132. The molecule has 3 fully saturated rings. The van der Waals surface area contributed by atoms with Gasteiger partial charge >= 0.3 is 0 Å². The molecule has 5 rings (SSSR count). The summed E-state index contributed by atoms with van der Waals surface area (Å²) in [5.41, 5.74) is 1.39. The number of ether oxygens (including phenoxy) is 3. The first-order valence-electron chi connectivity index (χ1n) is 9.12. The van der Waals surface area contributed by atoms with Crippen LogP contribution in [0, 0.1) is 0 Å². The Morgan fingerprint density at radius 1 is 1.23 bits per heavy atom. The van der Waals surface area contributed by atoms with E-state index in [4.69, 9.17) is 14.2 Å². The van der Waals surface area contributed by atoms with Crippen LogP contribution in [0.3, 0.4) is 0 Å². The van der Waals surface area contributed by atoms with Crippen LogP contribution < -0.4 is 5.32 Å². The molecule has 1 aliphatic carbocycles. The van der Waals surface area contributed by atoms with Crippen LogP contribution in [0.2, 0.25) is 0 Å². The van der Waals surface area contributed by atoms with Gasteiger partial charge in [-0.2, -0.15) is 0 Å². The molecule has 9 nitrogen and oxygen atoms in total. The molecule has 0 amide bonds. The normalized spacial score (nSPS) is 33.3. The van der Waals surface area contributed by atoms with Crippen molar-refractivity contribution in [3.8, 4) is 0 Å². The van der Waals surface area contributed by atoms with Crippen molar-refractivity contribution in [2.24, 2.45) is 0 Å². The smallest absolute Gasteiger partial charge is 0.167 e. The van der Waals surface area contributed by atoms with Crippen LogP contribution in [0.5, 0.6) is 0 Å². The lowest BCUT2D eigenvalue weighted by atomic mass is 9.93. The van der Waals surface area contributed by atoms with E-state index in [9.17, 15) is 5.11 Å². The van der Waals surface area contributed by atoms with Gasteiger partial charge in [0.25, 0.3) is 0 Å². The number of aromatic nitrogens is 4. The van der Waals surface area contributed by atoms with Crippen molar-refractivity contribution in [2.75, 3.05) is 11.9 Å². The molecule has 2 aromatic rings. The van der Waals surface area contributed by atoms with E-state index >= 15 is 0 Å². The summed E-state index contributed by atoms with van der Waals surface area (Å²) in [5, 5.41) is 13.1. The van der Waals surface area contributed by atoms with E-state index < -0.39 is 18.1 Å².